The molecule has 4 heteroatoms. The lowest BCUT2D eigenvalue weighted by atomic mass is 10.1. The first-order valence-corrected chi connectivity index (χ1v) is 7.82. The molecule has 23 heavy (non-hydrogen) atoms. The molecule has 122 valence electrons. The minimum atomic E-state index is -0.374. The van der Waals surface area contributed by atoms with Crippen LogP contribution in [0.5, 0.6) is 5.75 Å². The van der Waals surface area contributed by atoms with E-state index in [-0.39, 0.29) is 18.0 Å². The Labute approximate surface area is 137 Å². The van der Waals surface area contributed by atoms with E-state index in [1.54, 1.807) is 7.11 Å². The predicted molar refractivity (Wildman–Crippen MR) is 92.3 cm³/mol. The van der Waals surface area contributed by atoms with E-state index in [4.69, 9.17) is 4.74 Å². The Balaban J connectivity index is 2.09. The van der Waals surface area contributed by atoms with Crippen molar-refractivity contribution < 1.29 is 9.53 Å². The van der Waals surface area contributed by atoms with Crippen LogP contribution in [0, 0.1) is 0 Å². The number of hydrogen-bond acceptors (Lipinski definition) is 3. The number of ether oxygens (including phenoxy) is 1. The standard InChI is InChI=1S/C19H24N2O2/c1-14(2)21-19(22)18(16-7-5-4-6-8-16)20-13-15-9-11-17(23-3)12-10-15/h4-12,14,18,20H,13H2,1-3H3,(H,21,22). The molecule has 0 aliphatic heterocycles. The molecule has 0 saturated carbocycles. The van der Waals surface area contributed by atoms with Crippen molar-refractivity contribution in [2.24, 2.45) is 0 Å². The Bertz CT molecular complexity index is 609. The monoisotopic (exact) mass is 312 g/mol. The molecule has 0 aromatic heterocycles. The number of benzene rings is 2. The number of nitrogens with one attached hydrogen (secondary N) is 2. The third-order valence-electron chi connectivity index (χ3n) is 3.50. The summed E-state index contributed by atoms with van der Waals surface area (Å²) in [4.78, 5) is 12.5. The van der Waals surface area contributed by atoms with Crippen LogP contribution >= 0.6 is 0 Å². The number of methoxy groups -OCH3 is 1. The normalized spacial score (nSPS) is 12.0. The molecule has 0 fully saturated rings. The largest absolute Gasteiger partial charge is 0.497 e. The average molecular weight is 312 g/mol. The van der Waals surface area contributed by atoms with Crippen molar-refractivity contribution in [1.29, 1.82) is 0 Å². The van der Waals surface area contributed by atoms with Gasteiger partial charge in [0.2, 0.25) is 5.91 Å². The van der Waals surface area contributed by atoms with Gasteiger partial charge in [0.25, 0.3) is 0 Å². The van der Waals surface area contributed by atoms with Crippen molar-refractivity contribution in [3.8, 4) is 5.75 Å². The van der Waals surface area contributed by atoms with E-state index in [1.807, 2.05) is 68.4 Å². The minimum Gasteiger partial charge on any atom is -0.497 e. The number of rotatable bonds is 7. The maximum absolute atomic E-state index is 12.5. The zero-order valence-electron chi connectivity index (χ0n) is 13.9. The summed E-state index contributed by atoms with van der Waals surface area (Å²) in [7, 11) is 1.65. The van der Waals surface area contributed by atoms with Crippen LogP contribution in [0.15, 0.2) is 54.6 Å². The molecule has 2 N–H and O–H groups in total. The van der Waals surface area contributed by atoms with E-state index in [2.05, 4.69) is 10.6 Å². The minimum absolute atomic E-state index is 0.0142. The van der Waals surface area contributed by atoms with Crippen molar-refractivity contribution in [2.75, 3.05) is 7.11 Å². The molecule has 0 aliphatic carbocycles. The van der Waals surface area contributed by atoms with Crippen molar-refractivity contribution >= 4 is 5.91 Å². The molecule has 2 rings (SSSR count). The molecular formula is C19H24N2O2. The summed E-state index contributed by atoms with van der Waals surface area (Å²) in [5, 5.41) is 6.32. The summed E-state index contributed by atoms with van der Waals surface area (Å²) in [5.74, 6) is 0.811. The second-order valence-electron chi connectivity index (χ2n) is 5.74. The predicted octanol–water partition coefficient (Wildman–Crippen LogP) is 3.05. The van der Waals surface area contributed by atoms with Crippen LogP contribution in [0.3, 0.4) is 0 Å². The highest BCUT2D eigenvalue weighted by Crippen LogP contribution is 2.16. The maximum atomic E-state index is 12.5. The van der Waals surface area contributed by atoms with Crippen LogP contribution in [0.25, 0.3) is 0 Å². The van der Waals surface area contributed by atoms with Crippen molar-refractivity contribution in [2.45, 2.75) is 32.5 Å². The molecule has 0 radical (unpaired) electrons. The Morgan fingerprint density at radius 3 is 2.26 bits per heavy atom. The fraction of sp³-hybridized carbons (Fsp3) is 0.316. The van der Waals surface area contributed by atoms with Crippen molar-refractivity contribution in [3.63, 3.8) is 0 Å². The summed E-state index contributed by atoms with van der Waals surface area (Å²) in [5.41, 5.74) is 2.06. The third-order valence-corrected chi connectivity index (χ3v) is 3.50. The first kappa shape index (κ1) is 17.0. The van der Waals surface area contributed by atoms with Gasteiger partial charge in [-0.15, -0.1) is 0 Å². The van der Waals surface area contributed by atoms with E-state index in [0.717, 1.165) is 16.9 Å². The van der Waals surface area contributed by atoms with Crippen LogP contribution in [-0.2, 0) is 11.3 Å². The third kappa shape index (κ3) is 5.11. The molecule has 0 saturated heterocycles. The molecular weight excluding hydrogens is 288 g/mol. The second kappa shape index (κ2) is 8.34. The summed E-state index contributed by atoms with van der Waals surface area (Å²) in [6, 6.07) is 17.3. The molecule has 0 bridgehead atoms. The lowest BCUT2D eigenvalue weighted by Crippen LogP contribution is -2.40. The molecule has 1 amide bonds. The van der Waals surface area contributed by atoms with Gasteiger partial charge in [-0.2, -0.15) is 0 Å². The van der Waals surface area contributed by atoms with Gasteiger partial charge in [0.1, 0.15) is 11.8 Å². The molecule has 1 atom stereocenters. The highest BCUT2D eigenvalue weighted by Gasteiger charge is 2.20. The van der Waals surface area contributed by atoms with E-state index in [1.165, 1.54) is 0 Å². The van der Waals surface area contributed by atoms with Gasteiger partial charge in [-0.1, -0.05) is 42.5 Å². The maximum Gasteiger partial charge on any atom is 0.241 e. The van der Waals surface area contributed by atoms with E-state index in [9.17, 15) is 4.79 Å². The van der Waals surface area contributed by atoms with E-state index in [0.29, 0.717) is 6.54 Å². The summed E-state index contributed by atoms with van der Waals surface area (Å²) < 4.78 is 5.16. The lowest BCUT2D eigenvalue weighted by Gasteiger charge is -2.20. The Morgan fingerprint density at radius 2 is 1.70 bits per heavy atom. The van der Waals surface area contributed by atoms with E-state index >= 15 is 0 Å². The quantitative estimate of drug-likeness (QED) is 0.826. The number of carbonyl (C=O) groups is 1. The Kier molecular flexibility index (Phi) is 6.18. The molecule has 2 aromatic rings. The first-order chi connectivity index (χ1) is 11.1. The van der Waals surface area contributed by atoms with Gasteiger partial charge in [0.05, 0.1) is 7.11 Å². The van der Waals surface area contributed by atoms with Crippen LogP contribution in [0.1, 0.15) is 31.0 Å². The van der Waals surface area contributed by atoms with Gasteiger partial charge in [0, 0.05) is 12.6 Å². The molecule has 4 nitrogen and oxygen atoms in total. The highest BCUT2D eigenvalue weighted by atomic mass is 16.5. The number of hydrogen-bond donors (Lipinski definition) is 2. The smallest absolute Gasteiger partial charge is 0.241 e. The van der Waals surface area contributed by atoms with Crippen LogP contribution in [0.4, 0.5) is 0 Å². The van der Waals surface area contributed by atoms with Gasteiger partial charge in [-0.25, -0.2) is 0 Å². The second-order valence-corrected chi connectivity index (χ2v) is 5.74. The van der Waals surface area contributed by atoms with Gasteiger partial charge in [0.15, 0.2) is 0 Å². The molecule has 2 aromatic carbocycles. The topological polar surface area (TPSA) is 50.4 Å². The molecule has 0 heterocycles. The molecule has 0 aliphatic rings. The van der Waals surface area contributed by atoms with Crippen molar-refractivity contribution in [1.82, 2.24) is 10.6 Å². The van der Waals surface area contributed by atoms with Crippen LogP contribution in [-0.4, -0.2) is 19.1 Å². The van der Waals surface area contributed by atoms with Gasteiger partial charge < -0.3 is 10.1 Å². The van der Waals surface area contributed by atoms with Gasteiger partial charge in [-0.3, -0.25) is 10.1 Å². The van der Waals surface area contributed by atoms with Crippen molar-refractivity contribution in [3.05, 3.63) is 65.7 Å². The summed E-state index contributed by atoms with van der Waals surface area (Å²) in [6.45, 7) is 4.53. The van der Waals surface area contributed by atoms with Crippen LogP contribution in [0.2, 0.25) is 0 Å². The Morgan fingerprint density at radius 1 is 1.04 bits per heavy atom. The average Bonchev–Trinajstić information content (AvgIpc) is 2.56. The first-order valence-electron chi connectivity index (χ1n) is 7.82. The lowest BCUT2D eigenvalue weighted by molar-refractivity contribution is -0.123. The van der Waals surface area contributed by atoms with Gasteiger partial charge in [-0.05, 0) is 37.1 Å². The Hall–Kier alpha value is -2.33. The summed E-state index contributed by atoms with van der Waals surface area (Å²) >= 11 is 0. The highest BCUT2D eigenvalue weighted by molar-refractivity contribution is 5.83. The van der Waals surface area contributed by atoms with Crippen LogP contribution < -0.4 is 15.4 Å². The zero-order valence-corrected chi connectivity index (χ0v) is 13.9. The molecule has 0 spiro atoms. The van der Waals surface area contributed by atoms with Gasteiger partial charge >= 0.3 is 0 Å². The number of carbonyl (C=O) groups excluding carboxylic acids is 1. The SMILES string of the molecule is COc1ccc(CNC(C(=O)NC(C)C)c2ccccc2)cc1. The fourth-order valence-corrected chi connectivity index (χ4v) is 2.34. The zero-order chi connectivity index (χ0) is 16.7. The fourth-order valence-electron chi connectivity index (χ4n) is 2.34. The molecule has 1 unspecified atom stereocenters. The number of amides is 1. The summed E-state index contributed by atoms with van der Waals surface area (Å²) in [6.07, 6.45) is 0. The van der Waals surface area contributed by atoms with E-state index < -0.39 is 0 Å².